The third kappa shape index (κ3) is 2.24. The summed E-state index contributed by atoms with van der Waals surface area (Å²) in [4.78, 5) is 0. The summed E-state index contributed by atoms with van der Waals surface area (Å²) in [5.41, 5.74) is 5.03. The van der Waals surface area contributed by atoms with Gasteiger partial charge >= 0.3 is 6.18 Å². The molecule has 0 aromatic heterocycles. The Bertz CT molecular complexity index is 365. The highest BCUT2D eigenvalue weighted by atomic mass is 19.4. The van der Waals surface area contributed by atoms with E-state index in [1.54, 1.807) is 6.07 Å². The number of halogens is 3. The van der Waals surface area contributed by atoms with Crippen LogP contribution in [0.5, 0.6) is 0 Å². The second-order valence-corrected chi connectivity index (χ2v) is 2.76. The van der Waals surface area contributed by atoms with Gasteiger partial charge in [0.2, 0.25) is 0 Å². The molecule has 0 aliphatic carbocycles. The van der Waals surface area contributed by atoms with Crippen molar-refractivity contribution in [3.8, 4) is 6.07 Å². The first-order chi connectivity index (χ1) is 6.45. The lowest BCUT2D eigenvalue weighted by molar-refractivity contribution is -0.149. The maximum Gasteiger partial charge on any atom is 0.407 e. The van der Waals surface area contributed by atoms with E-state index in [4.69, 9.17) is 11.0 Å². The molecular weight excluding hydrogens is 193 g/mol. The number of nitrogens with two attached hydrogens (primary N) is 1. The van der Waals surface area contributed by atoms with E-state index in [0.717, 1.165) is 6.07 Å². The van der Waals surface area contributed by atoms with Crippen LogP contribution in [0.1, 0.15) is 17.2 Å². The van der Waals surface area contributed by atoms with Crippen LogP contribution in [0.15, 0.2) is 24.3 Å². The predicted octanol–water partition coefficient (Wildman–Crippen LogP) is 2.12. The van der Waals surface area contributed by atoms with Crippen molar-refractivity contribution in [3.05, 3.63) is 35.4 Å². The zero-order valence-corrected chi connectivity index (χ0v) is 7.05. The average molecular weight is 200 g/mol. The van der Waals surface area contributed by atoms with E-state index in [-0.39, 0.29) is 11.1 Å². The largest absolute Gasteiger partial charge is 0.407 e. The smallest absolute Gasteiger partial charge is 0.316 e. The lowest BCUT2D eigenvalue weighted by atomic mass is 10.0. The molecular formula is C9H7F3N2. The first-order valence-corrected chi connectivity index (χ1v) is 3.77. The third-order valence-corrected chi connectivity index (χ3v) is 1.73. The number of benzene rings is 1. The van der Waals surface area contributed by atoms with E-state index in [2.05, 4.69) is 0 Å². The minimum atomic E-state index is -4.48. The van der Waals surface area contributed by atoms with E-state index in [1.165, 1.54) is 18.2 Å². The molecule has 0 saturated heterocycles. The molecule has 0 fully saturated rings. The van der Waals surface area contributed by atoms with Crippen molar-refractivity contribution in [2.75, 3.05) is 0 Å². The van der Waals surface area contributed by atoms with Crippen molar-refractivity contribution in [3.63, 3.8) is 0 Å². The average Bonchev–Trinajstić information content (AvgIpc) is 2.15. The van der Waals surface area contributed by atoms with Crippen LogP contribution in [-0.4, -0.2) is 6.18 Å². The van der Waals surface area contributed by atoms with Gasteiger partial charge in [0.1, 0.15) is 6.04 Å². The lowest BCUT2D eigenvalue weighted by Gasteiger charge is -2.15. The molecule has 0 radical (unpaired) electrons. The molecule has 1 atom stereocenters. The molecule has 1 rings (SSSR count). The van der Waals surface area contributed by atoms with Crippen LogP contribution >= 0.6 is 0 Å². The molecule has 0 amide bonds. The van der Waals surface area contributed by atoms with Gasteiger partial charge in [-0.15, -0.1) is 0 Å². The third-order valence-electron chi connectivity index (χ3n) is 1.73. The van der Waals surface area contributed by atoms with E-state index in [1.807, 2.05) is 0 Å². The Labute approximate surface area is 78.8 Å². The van der Waals surface area contributed by atoms with Crippen LogP contribution in [0, 0.1) is 11.3 Å². The fraction of sp³-hybridized carbons (Fsp3) is 0.222. The Balaban J connectivity index is 3.03. The van der Waals surface area contributed by atoms with Gasteiger partial charge in [-0.2, -0.15) is 18.4 Å². The van der Waals surface area contributed by atoms with Crippen molar-refractivity contribution in [1.82, 2.24) is 0 Å². The summed E-state index contributed by atoms with van der Waals surface area (Å²) < 4.78 is 36.5. The normalized spacial score (nSPS) is 13.4. The van der Waals surface area contributed by atoms with Gasteiger partial charge in [0.15, 0.2) is 0 Å². The number of rotatable bonds is 1. The second-order valence-electron chi connectivity index (χ2n) is 2.76. The molecule has 0 bridgehead atoms. The summed E-state index contributed by atoms with van der Waals surface area (Å²) in [6.45, 7) is 0. The minimum Gasteiger partial charge on any atom is -0.316 e. The minimum absolute atomic E-state index is 0.100. The van der Waals surface area contributed by atoms with Gasteiger partial charge < -0.3 is 5.73 Å². The highest BCUT2D eigenvalue weighted by molar-refractivity contribution is 5.34. The quantitative estimate of drug-likeness (QED) is 0.754. The molecule has 0 saturated carbocycles. The lowest BCUT2D eigenvalue weighted by Crippen LogP contribution is -2.28. The molecule has 1 aromatic rings. The highest BCUT2D eigenvalue weighted by Crippen LogP contribution is 2.30. The first-order valence-electron chi connectivity index (χ1n) is 3.77. The molecule has 2 nitrogen and oxygen atoms in total. The predicted molar refractivity (Wildman–Crippen MR) is 44.1 cm³/mol. The van der Waals surface area contributed by atoms with Crippen LogP contribution in [0.4, 0.5) is 13.2 Å². The van der Waals surface area contributed by atoms with Crippen LogP contribution < -0.4 is 5.73 Å². The molecule has 5 heteroatoms. The van der Waals surface area contributed by atoms with Crippen molar-refractivity contribution in [2.24, 2.45) is 5.73 Å². The van der Waals surface area contributed by atoms with Gasteiger partial charge in [0.25, 0.3) is 0 Å². The summed E-state index contributed by atoms with van der Waals surface area (Å²) in [6.07, 6.45) is -4.48. The molecule has 0 aliphatic heterocycles. The Morgan fingerprint density at radius 2 is 2.00 bits per heavy atom. The molecule has 14 heavy (non-hydrogen) atoms. The van der Waals surface area contributed by atoms with E-state index in [9.17, 15) is 13.2 Å². The number of hydrogen-bond donors (Lipinski definition) is 1. The first kappa shape index (κ1) is 10.5. The maximum absolute atomic E-state index is 12.2. The molecule has 0 spiro atoms. The molecule has 74 valence electrons. The number of nitriles is 1. The van der Waals surface area contributed by atoms with Gasteiger partial charge in [-0.3, -0.25) is 0 Å². The summed E-state index contributed by atoms with van der Waals surface area (Å²) >= 11 is 0. The number of nitrogens with zero attached hydrogens (tertiary/aromatic N) is 1. The van der Waals surface area contributed by atoms with Gasteiger partial charge in [-0.25, -0.2) is 0 Å². The van der Waals surface area contributed by atoms with Crippen LogP contribution in [0.25, 0.3) is 0 Å². The number of alkyl halides is 3. The van der Waals surface area contributed by atoms with Gasteiger partial charge in [-0.1, -0.05) is 12.1 Å². The molecule has 0 heterocycles. The van der Waals surface area contributed by atoms with Crippen molar-refractivity contribution >= 4 is 0 Å². The highest BCUT2D eigenvalue weighted by Gasteiger charge is 2.37. The molecule has 0 aliphatic rings. The van der Waals surface area contributed by atoms with Gasteiger partial charge in [0, 0.05) is 0 Å². The SMILES string of the molecule is N#Cc1cccc([C@H](N)C(F)(F)F)c1. The topological polar surface area (TPSA) is 49.8 Å². The molecule has 0 unspecified atom stereocenters. The summed E-state index contributed by atoms with van der Waals surface area (Å²) in [7, 11) is 0. The maximum atomic E-state index is 12.2. The number of hydrogen-bond acceptors (Lipinski definition) is 2. The van der Waals surface area contributed by atoms with E-state index >= 15 is 0 Å². The van der Waals surface area contributed by atoms with Crippen molar-refractivity contribution in [1.29, 1.82) is 5.26 Å². The summed E-state index contributed by atoms with van der Waals surface area (Å²) in [5, 5.41) is 8.47. The van der Waals surface area contributed by atoms with Gasteiger partial charge in [-0.05, 0) is 17.7 Å². The van der Waals surface area contributed by atoms with Crippen LogP contribution in [0.3, 0.4) is 0 Å². The van der Waals surface area contributed by atoms with Crippen LogP contribution in [-0.2, 0) is 0 Å². The van der Waals surface area contributed by atoms with Gasteiger partial charge in [0.05, 0.1) is 11.6 Å². The Morgan fingerprint density at radius 1 is 1.36 bits per heavy atom. The van der Waals surface area contributed by atoms with Crippen LogP contribution in [0.2, 0.25) is 0 Å². The zero-order chi connectivity index (χ0) is 10.8. The second kappa shape index (κ2) is 3.68. The van der Waals surface area contributed by atoms with E-state index in [0.29, 0.717) is 0 Å². The fourth-order valence-electron chi connectivity index (χ4n) is 0.991. The zero-order valence-electron chi connectivity index (χ0n) is 7.05. The standard InChI is InChI=1S/C9H7F3N2/c10-9(11,12)8(14)7-3-1-2-6(4-7)5-13/h1-4,8H,14H2/t8-/m0/s1. The fourth-order valence-corrected chi connectivity index (χ4v) is 0.991. The van der Waals surface area contributed by atoms with E-state index < -0.39 is 12.2 Å². The summed E-state index contributed by atoms with van der Waals surface area (Å²) in [6, 6.07) is 4.90. The Kier molecular flexibility index (Phi) is 2.77. The monoisotopic (exact) mass is 200 g/mol. The summed E-state index contributed by atoms with van der Waals surface area (Å²) in [5.74, 6) is 0. The van der Waals surface area contributed by atoms with Crippen molar-refractivity contribution < 1.29 is 13.2 Å². The Morgan fingerprint density at radius 3 is 2.50 bits per heavy atom. The van der Waals surface area contributed by atoms with Crippen molar-refractivity contribution in [2.45, 2.75) is 12.2 Å². The molecule has 2 N–H and O–H groups in total. The Hall–Kier alpha value is -1.54. The molecule has 1 aromatic carbocycles.